The molecule has 132 valence electrons. The maximum absolute atomic E-state index is 11.9. The summed E-state index contributed by atoms with van der Waals surface area (Å²) in [6.45, 7) is 2.79. The first kappa shape index (κ1) is 17.0. The van der Waals surface area contributed by atoms with E-state index in [-0.39, 0.29) is 18.2 Å². The van der Waals surface area contributed by atoms with E-state index in [1.807, 2.05) is 0 Å². The number of aliphatic hydroxyl groups excluding tert-OH is 1. The Hall–Kier alpha value is -0.890. The van der Waals surface area contributed by atoms with E-state index in [2.05, 4.69) is 15.5 Å². The van der Waals surface area contributed by atoms with Gasteiger partial charge in [0.25, 0.3) is 0 Å². The van der Waals surface area contributed by atoms with Crippen molar-refractivity contribution in [2.24, 2.45) is 0 Å². The fraction of sp³-hybridized carbons (Fsp3) is 0.938. The minimum Gasteiger partial charge on any atom is -0.388 e. The van der Waals surface area contributed by atoms with Crippen LogP contribution in [0.4, 0.5) is 4.79 Å². The van der Waals surface area contributed by atoms with Crippen LogP contribution in [0.3, 0.4) is 0 Å². The first-order valence-corrected chi connectivity index (χ1v) is 8.77. The van der Waals surface area contributed by atoms with Crippen molar-refractivity contribution in [3.63, 3.8) is 0 Å². The summed E-state index contributed by atoms with van der Waals surface area (Å²) in [6, 6.07) is 0.180. The van der Waals surface area contributed by atoms with Crippen LogP contribution in [0.5, 0.6) is 0 Å². The molecular formula is C16H29N3O4. The van der Waals surface area contributed by atoms with Gasteiger partial charge in [0.1, 0.15) is 6.10 Å². The summed E-state index contributed by atoms with van der Waals surface area (Å²) in [6.07, 6.45) is 4.66. The third kappa shape index (κ3) is 4.15. The second-order valence-corrected chi connectivity index (χ2v) is 6.96. The number of methoxy groups -OCH3 is 1. The van der Waals surface area contributed by atoms with Gasteiger partial charge in [-0.1, -0.05) is 0 Å². The van der Waals surface area contributed by atoms with Crippen molar-refractivity contribution >= 4 is 6.03 Å². The summed E-state index contributed by atoms with van der Waals surface area (Å²) < 4.78 is 11.0. The molecule has 2 saturated heterocycles. The third-order valence-corrected chi connectivity index (χ3v) is 5.31. The summed E-state index contributed by atoms with van der Waals surface area (Å²) in [5, 5.41) is 16.2. The van der Waals surface area contributed by atoms with Gasteiger partial charge in [0.05, 0.1) is 25.4 Å². The molecule has 3 aliphatic rings. The maximum Gasteiger partial charge on any atom is 0.315 e. The lowest BCUT2D eigenvalue weighted by atomic mass is 9.93. The molecule has 1 aliphatic carbocycles. The molecule has 0 bridgehead atoms. The van der Waals surface area contributed by atoms with E-state index in [4.69, 9.17) is 9.47 Å². The van der Waals surface area contributed by atoms with Crippen molar-refractivity contribution in [1.82, 2.24) is 15.5 Å². The second kappa shape index (κ2) is 7.79. The van der Waals surface area contributed by atoms with Crippen molar-refractivity contribution < 1.29 is 19.4 Å². The number of nitrogens with zero attached hydrogens (tertiary/aromatic N) is 1. The largest absolute Gasteiger partial charge is 0.388 e. The Morgan fingerprint density at radius 2 is 2.13 bits per heavy atom. The zero-order valence-corrected chi connectivity index (χ0v) is 13.9. The predicted molar refractivity (Wildman–Crippen MR) is 85.3 cm³/mol. The fourth-order valence-corrected chi connectivity index (χ4v) is 3.67. The van der Waals surface area contributed by atoms with Gasteiger partial charge in [0.2, 0.25) is 0 Å². The van der Waals surface area contributed by atoms with Crippen molar-refractivity contribution in [3.05, 3.63) is 0 Å². The lowest BCUT2D eigenvalue weighted by Crippen LogP contribution is -2.53. The van der Waals surface area contributed by atoms with Crippen molar-refractivity contribution in [2.45, 2.75) is 62.4 Å². The van der Waals surface area contributed by atoms with Crippen LogP contribution in [0.15, 0.2) is 0 Å². The molecule has 2 aliphatic heterocycles. The summed E-state index contributed by atoms with van der Waals surface area (Å²) in [4.78, 5) is 14.2. The molecule has 2 heterocycles. The monoisotopic (exact) mass is 327 g/mol. The van der Waals surface area contributed by atoms with Gasteiger partial charge in [-0.05, 0) is 38.6 Å². The minimum absolute atomic E-state index is 0.193. The van der Waals surface area contributed by atoms with E-state index in [9.17, 15) is 9.90 Å². The van der Waals surface area contributed by atoms with Gasteiger partial charge in [-0.25, -0.2) is 4.79 Å². The molecule has 2 amide bonds. The molecule has 3 rings (SSSR count). The number of likely N-dealkylation sites (tertiary alicyclic amines) is 1. The van der Waals surface area contributed by atoms with E-state index >= 15 is 0 Å². The Kier molecular flexibility index (Phi) is 5.74. The molecule has 4 atom stereocenters. The van der Waals surface area contributed by atoms with Crippen molar-refractivity contribution in [3.8, 4) is 0 Å². The van der Waals surface area contributed by atoms with E-state index in [1.54, 1.807) is 7.11 Å². The van der Waals surface area contributed by atoms with Gasteiger partial charge in [0, 0.05) is 25.7 Å². The van der Waals surface area contributed by atoms with Crippen LogP contribution < -0.4 is 10.6 Å². The number of aliphatic hydroxyl groups is 1. The average Bonchev–Trinajstić information content (AvgIpc) is 3.05. The topological polar surface area (TPSA) is 83.1 Å². The summed E-state index contributed by atoms with van der Waals surface area (Å²) in [7, 11) is 1.72. The first-order valence-electron chi connectivity index (χ1n) is 8.77. The highest BCUT2D eigenvalue weighted by atomic mass is 16.5. The van der Waals surface area contributed by atoms with Gasteiger partial charge >= 0.3 is 6.03 Å². The van der Waals surface area contributed by atoms with Crippen LogP contribution in [0.2, 0.25) is 0 Å². The number of ether oxygens (including phenoxy) is 2. The van der Waals surface area contributed by atoms with E-state index in [0.717, 1.165) is 32.2 Å². The van der Waals surface area contributed by atoms with Gasteiger partial charge in [-0.15, -0.1) is 0 Å². The number of carbonyl (C=O) groups excluding carboxylic acids is 1. The van der Waals surface area contributed by atoms with Crippen LogP contribution in [0.25, 0.3) is 0 Å². The average molecular weight is 327 g/mol. The molecule has 1 saturated carbocycles. The van der Waals surface area contributed by atoms with E-state index in [0.29, 0.717) is 31.8 Å². The molecule has 3 fully saturated rings. The standard InChI is InChI=1S/C16H29N3O4/c1-22-9-12-6-3-7-19(12)8-14-15(20)13(10-23-14)18-16(21)17-11-4-2-5-11/h11-15,20H,2-10H2,1H3,(H2,17,18,21). The maximum atomic E-state index is 11.9. The Morgan fingerprint density at radius 3 is 2.83 bits per heavy atom. The van der Waals surface area contributed by atoms with Crippen LogP contribution in [-0.2, 0) is 9.47 Å². The van der Waals surface area contributed by atoms with Crippen LogP contribution in [0.1, 0.15) is 32.1 Å². The highest BCUT2D eigenvalue weighted by Crippen LogP contribution is 2.22. The summed E-state index contributed by atoms with van der Waals surface area (Å²) in [5.74, 6) is 0. The quantitative estimate of drug-likeness (QED) is 0.643. The van der Waals surface area contributed by atoms with Gasteiger partial charge in [-0.3, -0.25) is 4.90 Å². The second-order valence-electron chi connectivity index (χ2n) is 6.96. The Balaban J connectivity index is 1.44. The first-order chi connectivity index (χ1) is 11.2. The SMILES string of the molecule is COCC1CCCN1CC1OCC(NC(=O)NC2CCC2)C1O. The third-order valence-electron chi connectivity index (χ3n) is 5.31. The number of amides is 2. The van der Waals surface area contributed by atoms with E-state index < -0.39 is 6.10 Å². The summed E-state index contributed by atoms with van der Waals surface area (Å²) in [5.41, 5.74) is 0. The Bertz CT molecular complexity index is 405. The van der Waals surface area contributed by atoms with Gasteiger partial charge in [-0.2, -0.15) is 0 Å². The number of urea groups is 1. The zero-order chi connectivity index (χ0) is 16.2. The molecule has 0 spiro atoms. The fourth-order valence-electron chi connectivity index (χ4n) is 3.67. The molecule has 3 N–H and O–H groups in total. The lowest BCUT2D eigenvalue weighted by Gasteiger charge is -2.29. The smallest absolute Gasteiger partial charge is 0.315 e. The van der Waals surface area contributed by atoms with Crippen LogP contribution >= 0.6 is 0 Å². The van der Waals surface area contributed by atoms with Crippen molar-refractivity contribution in [1.29, 1.82) is 0 Å². The highest BCUT2D eigenvalue weighted by molar-refractivity contribution is 5.74. The number of hydrogen-bond donors (Lipinski definition) is 3. The molecular weight excluding hydrogens is 298 g/mol. The van der Waals surface area contributed by atoms with Gasteiger partial charge < -0.3 is 25.2 Å². The number of nitrogens with one attached hydrogen (secondary N) is 2. The van der Waals surface area contributed by atoms with Crippen molar-refractivity contribution in [2.75, 3.05) is 33.4 Å². The van der Waals surface area contributed by atoms with Crippen LogP contribution in [0, 0.1) is 0 Å². The number of rotatable bonds is 6. The molecule has 0 radical (unpaired) electrons. The summed E-state index contributed by atoms with van der Waals surface area (Å²) >= 11 is 0. The zero-order valence-electron chi connectivity index (χ0n) is 13.9. The molecule has 7 nitrogen and oxygen atoms in total. The van der Waals surface area contributed by atoms with Gasteiger partial charge in [0.15, 0.2) is 0 Å². The number of carbonyl (C=O) groups is 1. The minimum atomic E-state index is -0.661. The molecule has 0 aromatic carbocycles. The normalized spacial score (nSPS) is 35.2. The molecule has 7 heteroatoms. The Morgan fingerprint density at radius 1 is 1.30 bits per heavy atom. The molecule has 23 heavy (non-hydrogen) atoms. The Labute approximate surface area is 137 Å². The number of hydrogen-bond acceptors (Lipinski definition) is 5. The predicted octanol–water partition coefficient (Wildman–Crippen LogP) is 0.0772. The molecule has 0 aromatic heterocycles. The molecule has 4 unspecified atom stereocenters. The molecule has 0 aromatic rings. The van der Waals surface area contributed by atoms with Crippen LogP contribution in [-0.4, -0.2) is 79.8 Å². The highest BCUT2D eigenvalue weighted by Gasteiger charge is 2.39. The van der Waals surface area contributed by atoms with E-state index in [1.165, 1.54) is 6.42 Å². The lowest BCUT2D eigenvalue weighted by molar-refractivity contribution is 0.00469.